The van der Waals surface area contributed by atoms with Gasteiger partial charge in [0.15, 0.2) is 0 Å². The Morgan fingerprint density at radius 2 is 1.90 bits per heavy atom. The van der Waals surface area contributed by atoms with Crippen molar-refractivity contribution < 1.29 is 34.2 Å². The molecular weight excluding hydrogens is 404 g/mol. The van der Waals surface area contributed by atoms with Crippen LogP contribution in [0.4, 0.5) is 0 Å². The maximum absolute atomic E-state index is 12.4. The molecule has 1 saturated heterocycles. The highest BCUT2D eigenvalue weighted by Gasteiger charge is 2.36. The first kappa shape index (κ1) is 24.7. The van der Waals surface area contributed by atoms with Crippen molar-refractivity contribution >= 4 is 41.4 Å². The van der Waals surface area contributed by atoms with Gasteiger partial charge in [0.25, 0.3) is 0 Å². The minimum Gasteiger partial charge on any atom is -0.481 e. The number of nitrogens with one attached hydrogen (secondary N) is 2. The highest BCUT2D eigenvalue weighted by molar-refractivity contribution is 7.98. The predicted octanol–water partition coefficient (Wildman–Crippen LogP) is -1.39. The quantitative estimate of drug-likeness (QED) is 0.248. The van der Waals surface area contributed by atoms with E-state index in [1.165, 1.54) is 16.7 Å². The van der Waals surface area contributed by atoms with Crippen molar-refractivity contribution in [2.75, 3.05) is 25.1 Å². The summed E-state index contributed by atoms with van der Waals surface area (Å²) in [5, 5.41) is 22.6. The minimum atomic E-state index is -1.15. The second-order valence-corrected chi connectivity index (χ2v) is 7.67. The standard InChI is InChI=1S/C17H28N4O7S/c1-29-8-6-11(17(27)28)20-13(22)9-19-15(25)12-3-2-7-21(12)16(26)10(18)4-5-14(23)24/h10-12H,2-9,18H2,1H3,(H,19,25)(H,20,22)(H,23,24)(H,27,28). The molecule has 0 bridgehead atoms. The van der Waals surface area contributed by atoms with Crippen molar-refractivity contribution in [3.8, 4) is 0 Å². The Balaban J connectivity index is 2.55. The summed E-state index contributed by atoms with van der Waals surface area (Å²) in [7, 11) is 0. The third-order valence-corrected chi connectivity index (χ3v) is 5.14. The summed E-state index contributed by atoms with van der Waals surface area (Å²) in [6.07, 6.45) is 2.78. The van der Waals surface area contributed by atoms with Crippen molar-refractivity contribution in [2.45, 2.75) is 50.2 Å². The molecule has 0 aromatic heterocycles. The van der Waals surface area contributed by atoms with Gasteiger partial charge in [-0.1, -0.05) is 0 Å². The average molecular weight is 432 g/mol. The fourth-order valence-electron chi connectivity index (χ4n) is 2.94. The van der Waals surface area contributed by atoms with Crippen LogP contribution in [0.15, 0.2) is 0 Å². The van der Waals surface area contributed by atoms with E-state index in [9.17, 15) is 24.0 Å². The molecule has 1 aliphatic heterocycles. The Morgan fingerprint density at radius 1 is 1.21 bits per heavy atom. The number of hydrogen-bond acceptors (Lipinski definition) is 7. The zero-order chi connectivity index (χ0) is 22.0. The number of nitrogens with two attached hydrogens (primary N) is 1. The normalized spacial score (nSPS) is 18.0. The lowest BCUT2D eigenvalue weighted by atomic mass is 10.1. The van der Waals surface area contributed by atoms with Crippen LogP contribution >= 0.6 is 11.8 Å². The van der Waals surface area contributed by atoms with Gasteiger partial charge in [0.1, 0.15) is 12.1 Å². The molecule has 29 heavy (non-hydrogen) atoms. The van der Waals surface area contributed by atoms with E-state index in [4.69, 9.17) is 15.9 Å². The second kappa shape index (κ2) is 12.3. The van der Waals surface area contributed by atoms with Crippen molar-refractivity contribution in [2.24, 2.45) is 5.73 Å². The molecule has 12 heteroatoms. The Labute approximate surface area is 172 Å². The van der Waals surface area contributed by atoms with Crippen LogP contribution in [-0.4, -0.2) is 88.0 Å². The van der Waals surface area contributed by atoms with Gasteiger partial charge in [-0.15, -0.1) is 0 Å². The number of carboxylic acid groups (broad SMARTS) is 2. The number of rotatable bonds is 12. The molecule has 1 aliphatic rings. The number of nitrogens with zero attached hydrogens (tertiary/aromatic N) is 1. The third kappa shape index (κ3) is 8.28. The van der Waals surface area contributed by atoms with Crippen LogP contribution in [0.2, 0.25) is 0 Å². The molecule has 1 heterocycles. The van der Waals surface area contributed by atoms with Crippen LogP contribution in [0.1, 0.15) is 32.1 Å². The van der Waals surface area contributed by atoms with E-state index in [-0.39, 0.29) is 19.3 Å². The van der Waals surface area contributed by atoms with Crippen LogP contribution in [0, 0.1) is 0 Å². The summed E-state index contributed by atoms with van der Waals surface area (Å²) in [6, 6.07) is -2.85. The molecule has 3 amide bonds. The van der Waals surface area contributed by atoms with Gasteiger partial charge in [-0.25, -0.2) is 4.79 Å². The molecule has 6 N–H and O–H groups in total. The van der Waals surface area contributed by atoms with Gasteiger partial charge in [-0.2, -0.15) is 11.8 Å². The molecule has 3 unspecified atom stereocenters. The third-order valence-electron chi connectivity index (χ3n) is 4.49. The molecule has 1 fully saturated rings. The van der Waals surface area contributed by atoms with Gasteiger partial charge >= 0.3 is 11.9 Å². The molecule has 1 rings (SSSR count). The molecule has 0 aromatic rings. The number of carbonyl (C=O) groups excluding carboxylic acids is 3. The monoisotopic (exact) mass is 432 g/mol. The Hall–Kier alpha value is -2.34. The van der Waals surface area contributed by atoms with Gasteiger partial charge < -0.3 is 31.5 Å². The summed E-state index contributed by atoms with van der Waals surface area (Å²) in [5.74, 6) is -3.33. The molecule has 0 aromatic carbocycles. The number of amides is 3. The highest BCUT2D eigenvalue weighted by atomic mass is 32.2. The van der Waals surface area contributed by atoms with E-state index in [1.54, 1.807) is 0 Å². The van der Waals surface area contributed by atoms with Crippen molar-refractivity contribution in [3.05, 3.63) is 0 Å². The van der Waals surface area contributed by atoms with Crippen LogP contribution < -0.4 is 16.4 Å². The topological polar surface area (TPSA) is 179 Å². The fraction of sp³-hybridized carbons (Fsp3) is 0.706. The summed E-state index contributed by atoms with van der Waals surface area (Å²) < 4.78 is 0. The summed E-state index contributed by atoms with van der Waals surface area (Å²) >= 11 is 1.46. The number of carboxylic acids is 2. The van der Waals surface area contributed by atoms with E-state index < -0.39 is 54.3 Å². The molecule has 0 radical (unpaired) electrons. The van der Waals surface area contributed by atoms with Crippen molar-refractivity contribution in [1.82, 2.24) is 15.5 Å². The van der Waals surface area contributed by atoms with Crippen LogP contribution in [0.5, 0.6) is 0 Å². The molecule has 0 saturated carbocycles. The molecule has 164 valence electrons. The Kier molecular flexibility index (Phi) is 10.5. The summed E-state index contributed by atoms with van der Waals surface area (Å²) in [4.78, 5) is 59.9. The average Bonchev–Trinajstić information content (AvgIpc) is 3.16. The fourth-order valence-corrected chi connectivity index (χ4v) is 3.41. The van der Waals surface area contributed by atoms with Crippen LogP contribution in [0.25, 0.3) is 0 Å². The maximum atomic E-state index is 12.4. The number of carbonyl (C=O) groups is 5. The Bertz CT molecular complexity index is 631. The van der Waals surface area contributed by atoms with Gasteiger partial charge in [-0.05, 0) is 37.7 Å². The van der Waals surface area contributed by atoms with E-state index in [1.807, 2.05) is 6.26 Å². The summed E-state index contributed by atoms with van der Waals surface area (Å²) in [6.45, 7) is -0.0921. The molecule has 3 atom stereocenters. The molecule has 0 spiro atoms. The Morgan fingerprint density at radius 3 is 2.48 bits per heavy atom. The number of hydrogen-bond donors (Lipinski definition) is 5. The molecular formula is C17H28N4O7S. The first-order chi connectivity index (χ1) is 13.7. The van der Waals surface area contributed by atoms with E-state index >= 15 is 0 Å². The number of aliphatic carboxylic acids is 2. The first-order valence-electron chi connectivity index (χ1n) is 9.24. The SMILES string of the molecule is CSCCC(NC(=O)CNC(=O)C1CCCN1C(=O)C(N)CCC(=O)O)C(=O)O. The van der Waals surface area contributed by atoms with Crippen molar-refractivity contribution in [3.63, 3.8) is 0 Å². The van der Waals surface area contributed by atoms with Crippen LogP contribution in [-0.2, 0) is 24.0 Å². The lowest BCUT2D eigenvalue weighted by Crippen LogP contribution is -2.53. The lowest BCUT2D eigenvalue weighted by Gasteiger charge is -2.26. The number of likely N-dealkylation sites (tertiary alicyclic amines) is 1. The van der Waals surface area contributed by atoms with Gasteiger partial charge in [0.05, 0.1) is 12.6 Å². The minimum absolute atomic E-state index is 0.0337. The smallest absolute Gasteiger partial charge is 0.326 e. The van der Waals surface area contributed by atoms with Gasteiger partial charge in [0, 0.05) is 13.0 Å². The van der Waals surface area contributed by atoms with E-state index in [0.717, 1.165) is 0 Å². The lowest BCUT2D eigenvalue weighted by molar-refractivity contribution is -0.142. The largest absolute Gasteiger partial charge is 0.481 e. The number of thioether (sulfide) groups is 1. The molecule has 0 aliphatic carbocycles. The maximum Gasteiger partial charge on any atom is 0.326 e. The van der Waals surface area contributed by atoms with Crippen LogP contribution in [0.3, 0.4) is 0 Å². The van der Waals surface area contributed by atoms with E-state index in [2.05, 4.69) is 10.6 Å². The predicted molar refractivity (Wildman–Crippen MR) is 105 cm³/mol. The zero-order valence-corrected chi connectivity index (χ0v) is 17.1. The molecule has 11 nitrogen and oxygen atoms in total. The van der Waals surface area contributed by atoms with Crippen molar-refractivity contribution in [1.29, 1.82) is 0 Å². The second-order valence-electron chi connectivity index (χ2n) is 6.69. The van der Waals surface area contributed by atoms with Gasteiger partial charge in [-0.3, -0.25) is 19.2 Å². The highest BCUT2D eigenvalue weighted by Crippen LogP contribution is 2.19. The first-order valence-corrected chi connectivity index (χ1v) is 10.6. The van der Waals surface area contributed by atoms with Gasteiger partial charge in [0.2, 0.25) is 17.7 Å². The van der Waals surface area contributed by atoms with E-state index in [0.29, 0.717) is 25.1 Å². The summed E-state index contributed by atoms with van der Waals surface area (Å²) in [5.41, 5.74) is 5.75. The zero-order valence-electron chi connectivity index (χ0n) is 16.3.